The van der Waals surface area contributed by atoms with Gasteiger partial charge in [0.1, 0.15) is 10.6 Å². The highest BCUT2D eigenvalue weighted by atomic mass is 35.5. The summed E-state index contributed by atoms with van der Waals surface area (Å²) in [6, 6.07) is 10.4. The van der Waals surface area contributed by atoms with Crippen molar-refractivity contribution < 1.29 is 22.7 Å². The number of nitrogens with one attached hydrogen (secondary N) is 1. The summed E-state index contributed by atoms with van der Waals surface area (Å²) in [6.07, 6.45) is 0. The van der Waals surface area contributed by atoms with Gasteiger partial charge in [0.05, 0.1) is 24.8 Å². The molecule has 0 aromatic heterocycles. The van der Waals surface area contributed by atoms with E-state index in [0.717, 1.165) is 0 Å². The van der Waals surface area contributed by atoms with Gasteiger partial charge in [-0.05, 0) is 31.2 Å². The van der Waals surface area contributed by atoms with E-state index >= 15 is 0 Å². The molecule has 2 aromatic carbocycles. The molecule has 6 nitrogen and oxygen atoms in total. The zero-order valence-electron chi connectivity index (χ0n) is 13.9. The van der Waals surface area contributed by atoms with E-state index in [-0.39, 0.29) is 15.5 Å². The summed E-state index contributed by atoms with van der Waals surface area (Å²) in [6.45, 7) is 1.69. The Bertz CT molecular complexity index is 882. The Morgan fingerprint density at radius 3 is 2.48 bits per heavy atom. The average Bonchev–Trinajstić information content (AvgIpc) is 2.60. The largest absolute Gasteiger partial charge is 0.496 e. The lowest BCUT2D eigenvalue weighted by atomic mass is 10.1. The first-order valence-corrected chi connectivity index (χ1v) is 9.19. The number of sulfonamides is 1. The molecule has 0 saturated heterocycles. The van der Waals surface area contributed by atoms with Gasteiger partial charge in [0.2, 0.25) is 10.0 Å². The van der Waals surface area contributed by atoms with Crippen LogP contribution in [0.3, 0.4) is 0 Å². The standard InChI is InChI=1S/C17H18ClNO5S/c1-11(13-6-4-5-7-15(13)23-2)19-25(21,22)16-10-12(17(20)24-3)8-9-14(16)18/h4-11,19H,1-3H3/t11-/m0/s1. The van der Waals surface area contributed by atoms with Crippen LogP contribution in [0.1, 0.15) is 28.9 Å². The minimum Gasteiger partial charge on any atom is -0.496 e. The molecule has 0 unspecified atom stereocenters. The molecule has 8 heteroatoms. The van der Waals surface area contributed by atoms with Crippen molar-refractivity contribution >= 4 is 27.6 Å². The Labute approximate surface area is 151 Å². The second kappa shape index (κ2) is 7.86. The minimum atomic E-state index is -3.97. The van der Waals surface area contributed by atoms with E-state index in [9.17, 15) is 13.2 Å². The molecule has 1 N–H and O–H groups in total. The van der Waals surface area contributed by atoms with Crippen molar-refractivity contribution in [3.05, 3.63) is 58.6 Å². The van der Waals surface area contributed by atoms with Crippen molar-refractivity contribution in [2.75, 3.05) is 14.2 Å². The minimum absolute atomic E-state index is 0.00683. The Hall–Kier alpha value is -2.09. The molecule has 0 amide bonds. The van der Waals surface area contributed by atoms with E-state index in [4.69, 9.17) is 16.3 Å². The van der Waals surface area contributed by atoms with Gasteiger partial charge in [-0.15, -0.1) is 0 Å². The number of ether oxygens (including phenoxy) is 2. The molecule has 25 heavy (non-hydrogen) atoms. The van der Waals surface area contributed by atoms with E-state index in [2.05, 4.69) is 9.46 Å². The Morgan fingerprint density at radius 1 is 1.16 bits per heavy atom. The maximum absolute atomic E-state index is 12.7. The number of methoxy groups -OCH3 is 2. The van der Waals surface area contributed by atoms with Crippen LogP contribution in [0.5, 0.6) is 5.75 Å². The fourth-order valence-corrected chi connectivity index (χ4v) is 4.09. The maximum Gasteiger partial charge on any atom is 0.337 e. The number of rotatable bonds is 6. The van der Waals surface area contributed by atoms with Crippen molar-refractivity contribution in [1.29, 1.82) is 0 Å². The van der Waals surface area contributed by atoms with Gasteiger partial charge >= 0.3 is 5.97 Å². The van der Waals surface area contributed by atoms with Crippen molar-refractivity contribution in [2.24, 2.45) is 0 Å². The highest BCUT2D eigenvalue weighted by Crippen LogP contribution is 2.28. The number of hydrogen-bond donors (Lipinski definition) is 1. The Balaban J connectivity index is 2.37. The van der Waals surface area contributed by atoms with Gasteiger partial charge in [0, 0.05) is 11.6 Å². The van der Waals surface area contributed by atoms with Gasteiger partial charge in [-0.3, -0.25) is 0 Å². The quantitative estimate of drug-likeness (QED) is 0.775. The van der Waals surface area contributed by atoms with E-state index in [1.807, 2.05) is 0 Å². The first kappa shape index (κ1) is 19.2. The van der Waals surface area contributed by atoms with E-state index in [1.165, 1.54) is 32.4 Å². The number of carbonyl (C=O) groups excluding carboxylic acids is 1. The number of para-hydroxylation sites is 1. The van der Waals surface area contributed by atoms with Gasteiger partial charge in [-0.25, -0.2) is 17.9 Å². The Morgan fingerprint density at radius 2 is 1.84 bits per heavy atom. The summed E-state index contributed by atoms with van der Waals surface area (Å²) < 4.78 is 37.8. The first-order valence-electron chi connectivity index (χ1n) is 7.33. The number of hydrogen-bond acceptors (Lipinski definition) is 5. The molecule has 134 valence electrons. The maximum atomic E-state index is 12.7. The molecule has 2 aromatic rings. The van der Waals surface area contributed by atoms with Gasteiger partial charge in [-0.1, -0.05) is 29.8 Å². The van der Waals surface area contributed by atoms with Gasteiger partial charge in [-0.2, -0.15) is 0 Å². The molecule has 1 atom stereocenters. The lowest BCUT2D eigenvalue weighted by Gasteiger charge is -2.18. The van der Waals surface area contributed by atoms with Crippen LogP contribution in [-0.4, -0.2) is 28.6 Å². The molecule has 0 bridgehead atoms. The molecule has 0 spiro atoms. The van der Waals surface area contributed by atoms with Crippen molar-refractivity contribution in [2.45, 2.75) is 17.9 Å². The van der Waals surface area contributed by atoms with Gasteiger partial charge in [0.15, 0.2) is 0 Å². The van der Waals surface area contributed by atoms with Crippen LogP contribution in [0.2, 0.25) is 5.02 Å². The number of halogens is 1. The molecule has 0 heterocycles. The van der Waals surface area contributed by atoms with Crippen LogP contribution in [-0.2, 0) is 14.8 Å². The van der Waals surface area contributed by atoms with Crippen LogP contribution in [0.15, 0.2) is 47.4 Å². The molecule has 0 fully saturated rings. The van der Waals surface area contributed by atoms with Gasteiger partial charge in [0.25, 0.3) is 0 Å². The summed E-state index contributed by atoms with van der Waals surface area (Å²) in [5, 5.41) is 0.00683. The summed E-state index contributed by atoms with van der Waals surface area (Å²) >= 11 is 6.02. The summed E-state index contributed by atoms with van der Waals surface area (Å²) in [4.78, 5) is 11.4. The molecule has 0 saturated carbocycles. The normalized spacial score (nSPS) is 12.5. The highest BCUT2D eigenvalue weighted by Gasteiger charge is 2.24. The van der Waals surface area contributed by atoms with Crippen molar-refractivity contribution in [3.8, 4) is 5.75 Å². The second-order valence-corrected chi connectivity index (χ2v) is 7.31. The summed E-state index contributed by atoms with van der Waals surface area (Å²) in [7, 11) is -1.25. The molecule has 0 aliphatic rings. The zero-order valence-corrected chi connectivity index (χ0v) is 15.5. The zero-order chi connectivity index (χ0) is 18.6. The van der Waals surface area contributed by atoms with E-state index in [1.54, 1.807) is 31.2 Å². The predicted octanol–water partition coefficient (Wildman–Crippen LogP) is 3.17. The van der Waals surface area contributed by atoms with Crippen LogP contribution in [0.4, 0.5) is 0 Å². The number of esters is 1. The predicted molar refractivity (Wildman–Crippen MR) is 94.5 cm³/mol. The monoisotopic (exact) mass is 383 g/mol. The lowest BCUT2D eigenvalue weighted by molar-refractivity contribution is 0.0600. The highest BCUT2D eigenvalue weighted by molar-refractivity contribution is 7.89. The average molecular weight is 384 g/mol. The fraction of sp³-hybridized carbons (Fsp3) is 0.235. The summed E-state index contributed by atoms with van der Waals surface area (Å²) in [5.41, 5.74) is 0.769. The Kier molecular flexibility index (Phi) is 6.05. The third kappa shape index (κ3) is 4.31. The molecular formula is C17H18ClNO5S. The SMILES string of the molecule is COC(=O)c1ccc(Cl)c(S(=O)(=O)N[C@@H](C)c2ccccc2OC)c1. The van der Waals surface area contributed by atoms with Crippen LogP contribution >= 0.6 is 11.6 Å². The molecule has 0 aliphatic heterocycles. The van der Waals surface area contributed by atoms with Crippen LogP contribution in [0.25, 0.3) is 0 Å². The topological polar surface area (TPSA) is 81.7 Å². The van der Waals surface area contributed by atoms with Crippen molar-refractivity contribution in [3.63, 3.8) is 0 Å². The summed E-state index contributed by atoms with van der Waals surface area (Å²) in [5.74, 6) is -0.0852. The lowest BCUT2D eigenvalue weighted by Crippen LogP contribution is -2.27. The third-order valence-electron chi connectivity index (χ3n) is 3.58. The van der Waals surface area contributed by atoms with Gasteiger partial charge < -0.3 is 9.47 Å². The smallest absolute Gasteiger partial charge is 0.337 e. The first-order chi connectivity index (χ1) is 11.8. The van der Waals surface area contributed by atoms with Crippen LogP contribution < -0.4 is 9.46 Å². The fourth-order valence-electron chi connectivity index (χ4n) is 2.34. The van der Waals surface area contributed by atoms with Crippen molar-refractivity contribution in [1.82, 2.24) is 4.72 Å². The molecule has 0 radical (unpaired) electrons. The molecule has 0 aliphatic carbocycles. The number of benzene rings is 2. The van der Waals surface area contributed by atoms with E-state index < -0.39 is 22.0 Å². The molecule has 2 rings (SSSR count). The number of carbonyl (C=O) groups is 1. The van der Waals surface area contributed by atoms with Crippen LogP contribution in [0, 0.1) is 0 Å². The molecular weight excluding hydrogens is 366 g/mol. The third-order valence-corrected chi connectivity index (χ3v) is 5.60. The van der Waals surface area contributed by atoms with E-state index in [0.29, 0.717) is 11.3 Å². The second-order valence-electron chi connectivity index (χ2n) is 5.22.